The Hall–Kier alpha value is -0.850. The number of nitrogens with two attached hydrogens (primary N) is 1. The summed E-state index contributed by atoms with van der Waals surface area (Å²) >= 11 is 5.15. The quantitative estimate of drug-likeness (QED) is 0.871. The largest absolute Gasteiger partial charge is 0.338 e. The summed E-state index contributed by atoms with van der Waals surface area (Å²) in [7, 11) is 0. The Morgan fingerprint density at radius 2 is 2.32 bits per heavy atom. The maximum absolute atomic E-state index is 5.86. The van der Waals surface area contributed by atoms with Gasteiger partial charge in [0.2, 0.25) is 11.7 Å². The lowest BCUT2D eigenvalue weighted by Gasteiger charge is -2.05. The maximum Gasteiger partial charge on any atom is 0.236 e. The summed E-state index contributed by atoms with van der Waals surface area (Å²) in [5.74, 6) is 2.87. The van der Waals surface area contributed by atoms with Crippen molar-refractivity contribution >= 4 is 27.7 Å². The second-order valence-electron chi connectivity index (χ2n) is 4.21. The highest BCUT2D eigenvalue weighted by atomic mass is 79.9. The van der Waals surface area contributed by atoms with Crippen molar-refractivity contribution in [1.29, 1.82) is 0 Å². The monoisotopic (exact) mass is 341 g/mol. The zero-order valence-corrected chi connectivity index (χ0v) is 13.1. The van der Waals surface area contributed by atoms with Crippen molar-refractivity contribution < 1.29 is 4.52 Å². The number of rotatable bonds is 6. The molecule has 1 aromatic heterocycles. The van der Waals surface area contributed by atoms with E-state index in [9.17, 15) is 0 Å². The van der Waals surface area contributed by atoms with Gasteiger partial charge in [-0.05, 0) is 18.6 Å². The fourth-order valence-electron chi connectivity index (χ4n) is 1.47. The fraction of sp³-hybridized carbons (Fsp3) is 0.385. The van der Waals surface area contributed by atoms with Crippen molar-refractivity contribution in [3.05, 3.63) is 34.6 Å². The van der Waals surface area contributed by atoms with Crippen LogP contribution in [-0.2, 0) is 5.75 Å². The summed E-state index contributed by atoms with van der Waals surface area (Å²) in [6.07, 6.45) is 0.986. The van der Waals surface area contributed by atoms with E-state index in [0.717, 1.165) is 22.2 Å². The zero-order chi connectivity index (χ0) is 13.7. The Balaban J connectivity index is 1.95. The average Bonchev–Trinajstić information content (AvgIpc) is 2.87. The molecule has 0 saturated carbocycles. The highest BCUT2D eigenvalue weighted by molar-refractivity contribution is 9.10. The van der Waals surface area contributed by atoms with Gasteiger partial charge < -0.3 is 10.3 Å². The van der Waals surface area contributed by atoms with Gasteiger partial charge in [-0.2, -0.15) is 16.7 Å². The van der Waals surface area contributed by atoms with Crippen LogP contribution in [0.25, 0.3) is 11.4 Å². The van der Waals surface area contributed by atoms with Gasteiger partial charge in [-0.15, -0.1) is 0 Å². The lowest BCUT2D eigenvalue weighted by Crippen LogP contribution is -2.21. The predicted molar refractivity (Wildman–Crippen MR) is 81.9 cm³/mol. The van der Waals surface area contributed by atoms with E-state index < -0.39 is 0 Å². The third-order valence-electron chi connectivity index (χ3n) is 2.63. The van der Waals surface area contributed by atoms with Crippen LogP contribution in [0.2, 0.25) is 0 Å². The van der Waals surface area contributed by atoms with Crippen LogP contribution in [0.1, 0.15) is 19.2 Å². The number of aromatic nitrogens is 2. The smallest absolute Gasteiger partial charge is 0.236 e. The van der Waals surface area contributed by atoms with Gasteiger partial charge in [0.15, 0.2) is 0 Å². The molecule has 2 rings (SSSR count). The number of hydrogen-bond donors (Lipinski definition) is 1. The minimum absolute atomic E-state index is 0.234. The Kier molecular flexibility index (Phi) is 5.42. The highest BCUT2D eigenvalue weighted by Crippen LogP contribution is 2.21. The summed E-state index contributed by atoms with van der Waals surface area (Å²) in [6.45, 7) is 2.09. The van der Waals surface area contributed by atoms with E-state index in [1.165, 1.54) is 0 Å². The third-order valence-corrected chi connectivity index (χ3v) is 4.24. The SMILES string of the molecule is CCC(N)CSCc1nc(-c2cccc(Br)c2)no1. The first kappa shape index (κ1) is 14.6. The molecule has 2 N–H and O–H groups in total. The molecule has 1 heterocycles. The van der Waals surface area contributed by atoms with E-state index >= 15 is 0 Å². The molecule has 102 valence electrons. The molecule has 0 bridgehead atoms. The molecular formula is C13H16BrN3OS. The summed E-state index contributed by atoms with van der Waals surface area (Å²) in [4.78, 5) is 4.38. The van der Waals surface area contributed by atoms with Crippen LogP contribution in [0.4, 0.5) is 0 Å². The lowest BCUT2D eigenvalue weighted by atomic mass is 10.2. The van der Waals surface area contributed by atoms with Crippen molar-refractivity contribution in [3.63, 3.8) is 0 Å². The predicted octanol–water partition coefficient (Wildman–Crippen LogP) is 3.47. The Morgan fingerprint density at radius 3 is 3.05 bits per heavy atom. The maximum atomic E-state index is 5.86. The van der Waals surface area contributed by atoms with Crippen LogP contribution < -0.4 is 5.73 Å². The molecule has 1 atom stereocenters. The van der Waals surface area contributed by atoms with E-state index in [2.05, 4.69) is 33.0 Å². The van der Waals surface area contributed by atoms with E-state index in [0.29, 0.717) is 17.5 Å². The molecule has 0 aliphatic heterocycles. The normalized spacial score (nSPS) is 12.6. The van der Waals surface area contributed by atoms with Crippen LogP contribution in [-0.4, -0.2) is 21.9 Å². The molecule has 0 saturated heterocycles. The molecule has 0 amide bonds. The van der Waals surface area contributed by atoms with Crippen molar-refractivity contribution in [3.8, 4) is 11.4 Å². The first-order valence-electron chi connectivity index (χ1n) is 6.11. The van der Waals surface area contributed by atoms with Crippen LogP contribution in [0.5, 0.6) is 0 Å². The lowest BCUT2D eigenvalue weighted by molar-refractivity contribution is 0.391. The second-order valence-corrected chi connectivity index (χ2v) is 6.15. The molecule has 1 aromatic carbocycles. The second kappa shape index (κ2) is 7.07. The molecule has 1 unspecified atom stereocenters. The van der Waals surface area contributed by atoms with E-state index in [-0.39, 0.29) is 6.04 Å². The number of thioether (sulfide) groups is 1. The number of benzene rings is 1. The fourth-order valence-corrected chi connectivity index (χ4v) is 2.82. The summed E-state index contributed by atoms with van der Waals surface area (Å²) in [6, 6.07) is 8.07. The molecule has 6 heteroatoms. The molecule has 0 spiro atoms. The molecule has 19 heavy (non-hydrogen) atoms. The Morgan fingerprint density at radius 1 is 1.47 bits per heavy atom. The Labute approximate surface area is 125 Å². The van der Waals surface area contributed by atoms with Crippen molar-refractivity contribution in [2.45, 2.75) is 25.1 Å². The van der Waals surface area contributed by atoms with E-state index in [4.69, 9.17) is 10.3 Å². The van der Waals surface area contributed by atoms with Crippen molar-refractivity contribution in [1.82, 2.24) is 10.1 Å². The van der Waals surface area contributed by atoms with Crippen LogP contribution in [0, 0.1) is 0 Å². The summed E-state index contributed by atoms with van der Waals surface area (Å²) < 4.78 is 6.24. The molecule has 0 fully saturated rings. The van der Waals surface area contributed by atoms with Crippen LogP contribution >= 0.6 is 27.7 Å². The topological polar surface area (TPSA) is 64.9 Å². The first-order valence-corrected chi connectivity index (χ1v) is 8.05. The number of halogens is 1. The molecule has 0 aliphatic carbocycles. The summed E-state index contributed by atoms with van der Waals surface area (Å²) in [5, 5.41) is 3.99. The van der Waals surface area contributed by atoms with Gasteiger partial charge >= 0.3 is 0 Å². The van der Waals surface area contributed by atoms with Crippen LogP contribution in [0.3, 0.4) is 0 Å². The number of hydrogen-bond acceptors (Lipinski definition) is 5. The highest BCUT2D eigenvalue weighted by Gasteiger charge is 2.09. The zero-order valence-electron chi connectivity index (χ0n) is 10.7. The minimum atomic E-state index is 0.234. The molecule has 0 radical (unpaired) electrons. The van der Waals surface area contributed by atoms with E-state index in [1.54, 1.807) is 11.8 Å². The summed E-state index contributed by atoms with van der Waals surface area (Å²) in [5.41, 5.74) is 6.80. The number of nitrogens with zero attached hydrogens (tertiary/aromatic N) is 2. The van der Waals surface area contributed by atoms with Gasteiger partial charge in [-0.1, -0.05) is 40.1 Å². The van der Waals surface area contributed by atoms with Gasteiger partial charge in [-0.3, -0.25) is 0 Å². The average molecular weight is 342 g/mol. The Bertz CT molecular complexity index is 532. The molecule has 0 aliphatic rings. The van der Waals surface area contributed by atoms with E-state index in [1.807, 2.05) is 24.3 Å². The van der Waals surface area contributed by atoms with Gasteiger partial charge in [0.05, 0.1) is 5.75 Å². The minimum Gasteiger partial charge on any atom is -0.338 e. The van der Waals surface area contributed by atoms with Gasteiger partial charge in [0, 0.05) is 21.8 Å². The van der Waals surface area contributed by atoms with Gasteiger partial charge in [-0.25, -0.2) is 0 Å². The molecule has 2 aromatic rings. The first-order chi connectivity index (χ1) is 9.19. The molecule has 4 nitrogen and oxygen atoms in total. The molecular weight excluding hydrogens is 326 g/mol. The van der Waals surface area contributed by atoms with Crippen LogP contribution in [0.15, 0.2) is 33.3 Å². The van der Waals surface area contributed by atoms with Gasteiger partial charge in [0.25, 0.3) is 0 Å². The third kappa shape index (κ3) is 4.33. The van der Waals surface area contributed by atoms with Crippen molar-refractivity contribution in [2.24, 2.45) is 5.73 Å². The van der Waals surface area contributed by atoms with Crippen molar-refractivity contribution in [2.75, 3.05) is 5.75 Å². The standard InChI is InChI=1S/C13H16BrN3OS/c1-2-11(15)7-19-8-12-16-13(17-18-12)9-4-3-5-10(14)6-9/h3-6,11H,2,7-8,15H2,1H3. The van der Waals surface area contributed by atoms with Gasteiger partial charge in [0.1, 0.15) is 0 Å².